The summed E-state index contributed by atoms with van der Waals surface area (Å²) in [5.74, 6) is 0.298. The number of imidazole rings is 1. The molecule has 0 atom stereocenters. The Morgan fingerprint density at radius 3 is 2.39 bits per heavy atom. The summed E-state index contributed by atoms with van der Waals surface area (Å²) >= 11 is 6.47. The largest absolute Gasteiger partial charge is 0.337 e. The molecule has 2 heterocycles. The Morgan fingerprint density at radius 2 is 1.58 bits per heavy atom. The zero-order valence-electron chi connectivity index (χ0n) is 16.3. The van der Waals surface area contributed by atoms with Gasteiger partial charge in [-0.2, -0.15) is 0 Å². The van der Waals surface area contributed by atoms with Gasteiger partial charge < -0.3 is 10.3 Å². The number of carbonyl (C=O) groups is 1. The van der Waals surface area contributed by atoms with Crippen molar-refractivity contribution in [1.29, 1.82) is 0 Å². The van der Waals surface area contributed by atoms with Crippen LogP contribution in [0.25, 0.3) is 33.7 Å². The van der Waals surface area contributed by atoms with Crippen molar-refractivity contribution in [2.24, 2.45) is 0 Å². The summed E-state index contributed by atoms with van der Waals surface area (Å²) < 4.78 is 0. The number of H-pyrrole nitrogens is 1. The maximum Gasteiger partial charge on any atom is 0.255 e. The number of fused-ring (bicyclic) bond motifs is 2. The van der Waals surface area contributed by atoms with Crippen LogP contribution >= 0.6 is 11.6 Å². The van der Waals surface area contributed by atoms with Gasteiger partial charge in [0.2, 0.25) is 0 Å². The minimum atomic E-state index is -0.239. The van der Waals surface area contributed by atoms with Gasteiger partial charge in [0, 0.05) is 16.5 Å². The van der Waals surface area contributed by atoms with E-state index in [2.05, 4.69) is 20.3 Å². The Hall–Kier alpha value is -3.96. The molecule has 3 aromatic carbocycles. The second kappa shape index (κ2) is 8.05. The molecule has 0 aliphatic rings. The molecule has 2 aromatic heterocycles. The molecule has 0 fully saturated rings. The molecule has 31 heavy (non-hydrogen) atoms. The minimum absolute atomic E-state index is 0.239. The predicted molar refractivity (Wildman–Crippen MR) is 125 cm³/mol. The van der Waals surface area contributed by atoms with E-state index in [0.717, 1.165) is 21.9 Å². The lowest BCUT2D eigenvalue weighted by molar-refractivity contribution is 0.0973. The second-order valence-corrected chi connectivity index (χ2v) is 7.40. The molecule has 0 bridgehead atoms. The molecule has 6 heteroatoms. The Kier molecular flexibility index (Phi) is 4.94. The highest BCUT2D eigenvalue weighted by Crippen LogP contribution is 2.25. The van der Waals surface area contributed by atoms with Gasteiger partial charge in [0.1, 0.15) is 5.15 Å². The van der Waals surface area contributed by atoms with Gasteiger partial charge in [-0.25, -0.2) is 9.97 Å². The monoisotopic (exact) mass is 424 g/mol. The molecule has 5 rings (SSSR count). The first-order valence-corrected chi connectivity index (χ1v) is 10.1. The van der Waals surface area contributed by atoms with Crippen LogP contribution in [0, 0.1) is 0 Å². The van der Waals surface area contributed by atoms with Crippen LogP contribution in [0.1, 0.15) is 21.7 Å². The first-order valence-electron chi connectivity index (χ1n) is 9.76. The summed E-state index contributed by atoms with van der Waals surface area (Å²) in [6, 6.07) is 26.4. The van der Waals surface area contributed by atoms with Gasteiger partial charge in [0.25, 0.3) is 5.91 Å². The number of nitrogens with zero attached hydrogens (tertiary/aromatic N) is 2. The van der Waals surface area contributed by atoms with Crippen molar-refractivity contribution >= 4 is 51.2 Å². The Labute approximate surface area is 183 Å². The van der Waals surface area contributed by atoms with Crippen molar-refractivity contribution in [3.05, 3.63) is 107 Å². The highest BCUT2D eigenvalue weighted by molar-refractivity contribution is 6.31. The average Bonchev–Trinajstić information content (AvgIpc) is 3.24. The fourth-order valence-corrected chi connectivity index (χ4v) is 3.59. The minimum Gasteiger partial charge on any atom is -0.337 e. The number of aromatic amines is 1. The second-order valence-electron chi connectivity index (χ2n) is 7.04. The van der Waals surface area contributed by atoms with E-state index in [1.165, 1.54) is 0 Å². The number of aromatic nitrogens is 3. The lowest BCUT2D eigenvalue weighted by Gasteiger charge is -2.09. The average molecular weight is 425 g/mol. The fourth-order valence-electron chi connectivity index (χ4n) is 3.39. The molecule has 5 nitrogen and oxygen atoms in total. The number of hydrogen-bond acceptors (Lipinski definition) is 3. The van der Waals surface area contributed by atoms with Gasteiger partial charge in [-0.05, 0) is 42.5 Å². The van der Waals surface area contributed by atoms with Crippen LogP contribution in [-0.4, -0.2) is 20.9 Å². The quantitative estimate of drug-likeness (QED) is 0.364. The van der Waals surface area contributed by atoms with Gasteiger partial charge in [-0.3, -0.25) is 4.79 Å². The maximum absolute atomic E-state index is 12.9. The van der Waals surface area contributed by atoms with Crippen LogP contribution in [0.4, 0.5) is 0 Å². The number of carbonyl (C=O) groups excluding carboxylic acids is 1. The van der Waals surface area contributed by atoms with Gasteiger partial charge in [0.05, 0.1) is 22.2 Å². The van der Waals surface area contributed by atoms with Crippen molar-refractivity contribution in [1.82, 2.24) is 20.3 Å². The van der Waals surface area contributed by atoms with Crippen molar-refractivity contribution in [2.75, 3.05) is 0 Å². The van der Waals surface area contributed by atoms with E-state index >= 15 is 0 Å². The third-order valence-electron chi connectivity index (χ3n) is 4.93. The smallest absolute Gasteiger partial charge is 0.255 e. The molecule has 0 unspecified atom stereocenters. The molecule has 150 valence electrons. The number of benzene rings is 3. The fraction of sp³-hybridized carbons (Fsp3) is 0. The predicted octanol–water partition coefficient (Wildman–Crippen LogP) is 5.69. The van der Waals surface area contributed by atoms with E-state index in [-0.39, 0.29) is 5.91 Å². The summed E-state index contributed by atoms with van der Waals surface area (Å²) in [6.07, 6.45) is 1.79. The zero-order chi connectivity index (χ0) is 21.2. The summed E-state index contributed by atoms with van der Waals surface area (Å²) in [5, 5.41) is 4.28. The van der Waals surface area contributed by atoms with E-state index in [4.69, 9.17) is 11.6 Å². The van der Waals surface area contributed by atoms with Crippen LogP contribution in [0.3, 0.4) is 0 Å². The number of amides is 1. The normalized spacial score (nSPS) is 11.7. The Bertz CT molecular complexity index is 1410. The van der Waals surface area contributed by atoms with Crippen LogP contribution in [-0.2, 0) is 0 Å². The third kappa shape index (κ3) is 3.91. The topological polar surface area (TPSA) is 70.7 Å². The van der Waals surface area contributed by atoms with Gasteiger partial charge >= 0.3 is 0 Å². The lowest BCUT2D eigenvalue weighted by Crippen LogP contribution is -2.22. The number of pyridine rings is 1. The summed E-state index contributed by atoms with van der Waals surface area (Å²) in [6.45, 7) is 0. The van der Waals surface area contributed by atoms with Crippen molar-refractivity contribution in [3.8, 4) is 0 Å². The maximum atomic E-state index is 12.9. The van der Waals surface area contributed by atoms with Crippen LogP contribution < -0.4 is 5.32 Å². The van der Waals surface area contributed by atoms with Gasteiger partial charge in [-0.15, -0.1) is 0 Å². The molecule has 0 aliphatic carbocycles. The molecule has 0 spiro atoms. The highest BCUT2D eigenvalue weighted by Gasteiger charge is 2.14. The molecular weight excluding hydrogens is 408 g/mol. The number of halogens is 1. The molecule has 1 amide bonds. The number of nitrogens with one attached hydrogen (secondary N) is 2. The molecular formula is C25H17ClN4O. The molecule has 2 N–H and O–H groups in total. The van der Waals surface area contributed by atoms with E-state index in [0.29, 0.717) is 27.8 Å². The molecule has 0 aliphatic heterocycles. The summed E-state index contributed by atoms with van der Waals surface area (Å²) in [7, 11) is 0. The lowest BCUT2D eigenvalue weighted by atomic mass is 10.1. The van der Waals surface area contributed by atoms with Crippen LogP contribution in [0.2, 0.25) is 5.15 Å². The Balaban J connectivity index is 1.62. The summed E-state index contributed by atoms with van der Waals surface area (Å²) in [5.41, 5.74) is 4.23. The zero-order valence-corrected chi connectivity index (χ0v) is 17.1. The first-order chi connectivity index (χ1) is 15.2. The van der Waals surface area contributed by atoms with Crippen molar-refractivity contribution in [3.63, 3.8) is 0 Å². The summed E-state index contributed by atoms with van der Waals surface area (Å²) in [4.78, 5) is 25.3. The Morgan fingerprint density at radius 1 is 0.871 bits per heavy atom. The standard InChI is InChI=1S/C25H17ClN4O/c26-23-18(14-17-10-4-5-11-19(17)27-23)15-22(30-25(31)16-8-2-1-3-9-16)24-28-20-12-6-7-13-21(20)29-24/h1-15H,(H,28,29)(H,30,31)/b22-15+. The van der Waals surface area contributed by atoms with Gasteiger partial charge in [0.15, 0.2) is 5.82 Å². The van der Waals surface area contributed by atoms with Gasteiger partial charge in [-0.1, -0.05) is 60.1 Å². The number of rotatable bonds is 4. The number of para-hydroxylation sites is 3. The molecule has 0 radical (unpaired) electrons. The molecule has 0 saturated heterocycles. The molecule has 5 aromatic rings. The van der Waals surface area contributed by atoms with E-state index in [1.54, 1.807) is 18.2 Å². The number of hydrogen-bond donors (Lipinski definition) is 2. The van der Waals surface area contributed by atoms with E-state index < -0.39 is 0 Å². The van der Waals surface area contributed by atoms with E-state index in [9.17, 15) is 4.79 Å². The van der Waals surface area contributed by atoms with Crippen LogP contribution in [0.15, 0.2) is 84.9 Å². The first kappa shape index (κ1) is 19.0. The SMILES string of the molecule is O=C(N/C(=C/c1cc2ccccc2nc1Cl)c1nc2ccccc2[nH]1)c1ccccc1. The van der Waals surface area contributed by atoms with Crippen LogP contribution in [0.5, 0.6) is 0 Å². The van der Waals surface area contributed by atoms with Crippen molar-refractivity contribution in [2.45, 2.75) is 0 Å². The highest BCUT2D eigenvalue weighted by atomic mass is 35.5. The van der Waals surface area contributed by atoms with E-state index in [1.807, 2.05) is 72.8 Å². The van der Waals surface area contributed by atoms with Crippen molar-refractivity contribution < 1.29 is 4.79 Å². The third-order valence-corrected chi connectivity index (χ3v) is 5.24. The molecule has 0 saturated carbocycles.